The maximum Gasteiger partial charge on any atom is 0.225 e. The van der Waals surface area contributed by atoms with E-state index in [1.165, 1.54) is 0 Å². The van der Waals surface area contributed by atoms with E-state index < -0.39 is 0 Å². The molecule has 3 N–H and O–H groups in total. The first-order valence-electron chi connectivity index (χ1n) is 6.23. The van der Waals surface area contributed by atoms with Gasteiger partial charge >= 0.3 is 0 Å². The van der Waals surface area contributed by atoms with Gasteiger partial charge in [-0.05, 0) is 46.6 Å². The highest BCUT2D eigenvalue weighted by atomic mass is 79.9. The number of nitrogens with two attached hydrogens (primary N) is 1. The van der Waals surface area contributed by atoms with Gasteiger partial charge in [-0.2, -0.15) is 4.98 Å². The van der Waals surface area contributed by atoms with Gasteiger partial charge in [0.25, 0.3) is 0 Å². The van der Waals surface area contributed by atoms with Crippen LogP contribution in [0.25, 0.3) is 10.2 Å². The maximum absolute atomic E-state index is 6.01. The number of aromatic nitrogens is 2. The lowest BCUT2D eigenvalue weighted by Crippen LogP contribution is -2.02. The van der Waals surface area contributed by atoms with E-state index >= 15 is 0 Å². The molecule has 1 atom stereocenters. The number of anilines is 1. The Labute approximate surface area is 138 Å². The molecular formula is C13H12BrClN4OS. The van der Waals surface area contributed by atoms with Crippen LogP contribution in [0.4, 0.5) is 5.82 Å². The summed E-state index contributed by atoms with van der Waals surface area (Å²) in [4.78, 5) is 9.56. The van der Waals surface area contributed by atoms with E-state index in [0.717, 1.165) is 25.3 Å². The summed E-state index contributed by atoms with van der Waals surface area (Å²) in [5.74, 6) is 1.50. The monoisotopic (exact) mass is 386 g/mol. The average Bonchev–Trinajstić information content (AvgIpc) is 3.05. The smallest absolute Gasteiger partial charge is 0.225 e. The fraction of sp³-hybridized carbons (Fsp3) is 0.231. The summed E-state index contributed by atoms with van der Waals surface area (Å²) in [7, 11) is 0. The van der Waals surface area contributed by atoms with Crippen LogP contribution in [0.1, 0.15) is 23.6 Å². The van der Waals surface area contributed by atoms with Crippen LogP contribution >= 0.6 is 38.9 Å². The summed E-state index contributed by atoms with van der Waals surface area (Å²) in [6, 6.07) is 3.65. The van der Waals surface area contributed by atoms with Gasteiger partial charge in [-0.3, -0.25) is 0 Å². The first-order chi connectivity index (χ1) is 10.1. The summed E-state index contributed by atoms with van der Waals surface area (Å²) >= 11 is 11.1. The highest BCUT2D eigenvalue weighted by Crippen LogP contribution is 2.40. The zero-order chi connectivity index (χ0) is 15.0. The van der Waals surface area contributed by atoms with Crippen LogP contribution in [0, 0.1) is 0 Å². The summed E-state index contributed by atoms with van der Waals surface area (Å²) in [6.45, 7) is 2.46. The normalized spacial score (nSPS) is 12.8. The van der Waals surface area contributed by atoms with Crippen molar-refractivity contribution in [3.05, 3.63) is 38.8 Å². The van der Waals surface area contributed by atoms with Crippen LogP contribution in [0.5, 0.6) is 0 Å². The topological polar surface area (TPSA) is 77.0 Å². The van der Waals surface area contributed by atoms with Gasteiger partial charge in [0.2, 0.25) is 5.28 Å². The van der Waals surface area contributed by atoms with Gasteiger partial charge < -0.3 is 15.5 Å². The minimum absolute atomic E-state index is 0.0877. The summed E-state index contributed by atoms with van der Waals surface area (Å²) < 4.78 is 7.10. The molecule has 0 aliphatic rings. The van der Waals surface area contributed by atoms with E-state index in [1.807, 2.05) is 19.1 Å². The number of hydrogen-bond donors (Lipinski definition) is 2. The third-order valence-corrected chi connectivity index (χ3v) is 5.52. The lowest BCUT2D eigenvalue weighted by atomic mass is 10.3. The van der Waals surface area contributed by atoms with Crippen molar-refractivity contribution >= 4 is 54.9 Å². The molecule has 0 saturated carbocycles. The van der Waals surface area contributed by atoms with E-state index in [1.54, 1.807) is 17.6 Å². The molecule has 8 heteroatoms. The summed E-state index contributed by atoms with van der Waals surface area (Å²) in [5, 5.41) is 3.42. The zero-order valence-electron chi connectivity index (χ0n) is 11.1. The Morgan fingerprint density at radius 2 is 2.33 bits per heavy atom. The second-order valence-corrected chi connectivity index (χ2v) is 6.70. The molecule has 5 nitrogen and oxygen atoms in total. The molecule has 21 heavy (non-hydrogen) atoms. The van der Waals surface area contributed by atoms with Crippen molar-refractivity contribution in [1.29, 1.82) is 0 Å². The van der Waals surface area contributed by atoms with Gasteiger partial charge in [0, 0.05) is 10.9 Å². The number of furan rings is 1. The molecule has 3 heterocycles. The van der Waals surface area contributed by atoms with Crippen molar-refractivity contribution in [2.45, 2.75) is 19.5 Å². The molecular weight excluding hydrogens is 376 g/mol. The van der Waals surface area contributed by atoms with Crippen molar-refractivity contribution in [2.24, 2.45) is 5.73 Å². The van der Waals surface area contributed by atoms with Gasteiger partial charge in [-0.25, -0.2) is 4.98 Å². The average molecular weight is 388 g/mol. The highest BCUT2D eigenvalue weighted by molar-refractivity contribution is 9.10. The van der Waals surface area contributed by atoms with Gasteiger partial charge in [0.15, 0.2) is 0 Å². The molecule has 0 aromatic carbocycles. The van der Waals surface area contributed by atoms with Crippen LogP contribution in [0.15, 0.2) is 27.3 Å². The molecule has 0 aliphatic carbocycles. The molecule has 0 fully saturated rings. The minimum Gasteiger partial charge on any atom is -0.467 e. The maximum atomic E-state index is 6.01. The van der Waals surface area contributed by atoms with Crippen molar-refractivity contribution in [3.8, 4) is 0 Å². The molecule has 3 aromatic rings. The highest BCUT2D eigenvalue weighted by Gasteiger charge is 2.18. The molecule has 3 aromatic heterocycles. The molecule has 0 bridgehead atoms. The van der Waals surface area contributed by atoms with Gasteiger partial charge in [-0.15, -0.1) is 11.3 Å². The number of nitrogens with one attached hydrogen (secondary N) is 1. The van der Waals surface area contributed by atoms with E-state index in [9.17, 15) is 0 Å². The van der Waals surface area contributed by atoms with E-state index in [-0.39, 0.29) is 11.3 Å². The summed E-state index contributed by atoms with van der Waals surface area (Å²) in [6.07, 6.45) is 1.63. The van der Waals surface area contributed by atoms with E-state index in [2.05, 4.69) is 31.2 Å². The van der Waals surface area contributed by atoms with Crippen molar-refractivity contribution in [2.75, 3.05) is 5.32 Å². The Bertz CT molecular complexity index is 772. The van der Waals surface area contributed by atoms with E-state index in [4.69, 9.17) is 21.8 Å². The number of fused-ring (bicyclic) bond motifs is 1. The zero-order valence-corrected chi connectivity index (χ0v) is 14.2. The van der Waals surface area contributed by atoms with Crippen LogP contribution in [-0.4, -0.2) is 9.97 Å². The predicted molar refractivity (Wildman–Crippen MR) is 88.8 cm³/mol. The minimum atomic E-state index is -0.0877. The molecule has 0 radical (unpaired) electrons. The lowest BCUT2D eigenvalue weighted by Gasteiger charge is -2.05. The quantitative estimate of drug-likeness (QED) is 0.651. The molecule has 110 valence electrons. The lowest BCUT2D eigenvalue weighted by molar-refractivity contribution is 0.518. The van der Waals surface area contributed by atoms with Crippen LogP contribution < -0.4 is 11.1 Å². The van der Waals surface area contributed by atoms with Crippen LogP contribution in [0.2, 0.25) is 5.28 Å². The number of hydrogen-bond acceptors (Lipinski definition) is 6. The molecule has 0 saturated heterocycles. The Kier molecular flexibility index (Phi) is 4.17. The first kappa shape index (κ1) is 14.8. The van der Waals surface area contributed by atoms with Crippen molar-refractivity contribution in [3.63, 3.8) is 0 Å². The summed E-state index contributed by atoms with van der Waals surface area (Å²) in [5.41, 5.74) is 6.75. The second-order valence-electron chi connectivity index (χ2n) is 4.52. The number of halogens is 2. The second kappa shape index (κ2) is 5.92. The van der Waals surface area contributed by atoms with Crippen molar-refractivity contribution in [1.82, 2.24) is 9.97 Å². The van der Waals surface area contributed by atoms with Gasteiger partial charge in [0.1, 0.15) is 17.1 Å². The number of nitrogens with zero attached hydrogens (tertiary/aromatic N) is 2. The third-order valence-electron chi connectivity index (χ3n) is 2.90. The Balaban J connectivity index is 2.02. The first-order valence-corrected chi connectivity index (χ1v) is 8.22. The van der Waals surface area contributed by atoms with E-state index in [0.29, 0.717) is 12.4 Å². The molecule has 0 unspecified atom stereocenters. The Morgan fingerprint density at radius 3 is 3.00 bits per heavy atom. The molecule has 0 spiro atoms. The standard InChI is InChI=1S/C13H12BrClN4OS/c1-6(16)10-8(14)9-11(21-10)12(19-13(15)18-9)17-5-7-3-2-4-20-7/h2-4,6H,5,16H2,1H3,(H,17,18,19)/t6-/m0/s1. The van der Waals surface area contributed by atoms with Crippen molar-refractivity contribution < 1.29 is 4.42 Å². The van der Waals surface area contributed by atoms with Crippen LogP contribution in [-0.2, 0) is 6.54 Å². The SMILES string of the molecule is C[C@H](N)c1sc2c(NCc3ccco3)nc(Cl)nc2c1Br. The van der Waals surface area contributed by atoms with Gasteiger partial charge in [-0.1, -0.05) is 0 Å². The van der Waals surface area contributed by atoms with Gasteiger partial charge in [0.05, 0.1) is 22.0 Å². The molecule has 0 aliphatic heterocycles. The predicted octanol–water partition coefficient (Wildman–Crippen LogP) is 4.33. The third kappa shape index (κ3) is 2.91. The Morgan fingerprint density at radius 1 is 1.52 bits per heavy atom. The molecule has 3 rings (SSSR count). The Hall–Kier alpha value is -1.15. The number of thiophene rings is 1. The largest absolute Gasteiger partial charge is 0.467 e. The number of rotatable bonds is 4. The van der Waals surface area contributed by atoms with Crippen LogP contribution in [0.3, 0.4) is 0 Å². The fourth-order valence-electron chi connectivity index (χ4n) is 1.94. The fourth-order valence-corrected chi connectivity index (χ4v) is 4.18. The molecule has 0 amide bonds.